The Labute approximate surface area is 238 Å². The van der Waals surface area contributed by atoms with Crippen molar-refractivity contribution >= 4 is 0 Å². The highest BCUT2D eigenvalue weighted by atomic mass is 19.2. The van der Waals surface area contributed by atoms with Crippen molar-refractivity contribution in [3.8, 4) is 5.75 Å². The first-order valence-electron chi connectivity index (χ1n) is 16.9. The van der Waals surface area contributed by atoms with E-state index in [-0.39, 0.29) is 11.7 Å². The summed E-state index contributed by atoms with van der Waals surface area (Å²) in [7, 11) is 0. The van der Waals surface area contributed by atoms with Gasteiger partial charge in [-0.2, -0.15) is 4.39 Å². The van der Waals surface area contributed by atoms with E-state index in [0.717, 1.165) is 48.9 Å². The fourth-order valence-corrected chi connectivity index (χ4v) is 8.01. The summed E-state index contributed by atoms with van der Waals surface area (Å²) in [5.74, 6) is 3.09. The molecule has 0 saturated heterocycles. The van der Waals surface area contributed by atoms with Crippen molar-refractivity contribution in [3.63, 3.8) is 0 Å². The van der Waals surface area contributed by atoms with Crippen LogP contribution in [-0.2, 0) is 0 Å². The molecule has 4 rings (SSSR count). The van der Waals surface area contributed by atoms with E-state index in [4.69, 9.17) is 4.74 Å². The van der Waals surface area contributed by atoms with E-state index in [2.05, 4.69) is 19.1 Å². The van der Waals surface area contributed by atoms with Crippen LogP contribution in [0, 0.1) is 41.2 Å². The topological polar surface area (TPSA) is 9.23 Å². The second-order valence-corrected chi connectivity index (χ2v) is 13.3. The minimum absolute atomic E-state index is 0.0549. The van der Waals surface area contributed by atoms with E-state index >= 15 is 0 Å². The first-order chi connectivity index (χ1) is 19.1. The van der Waals surface area contributed by atoms with Gasteiger partial charge in [-0.25, -0.2) is 4.39 Å². The summed E-state index contributed by atoms with van der Waals surface area (Å²) in [5.41, 5.74) is 0.562. The molecule has 3 aliphatic rings. The normalized spacial score (nSPS) is 30.1. The van der Waals surface area contributed by atoms with Crippen LogP contribution in [0.3, 0.4) is 0 Å². The molecular formula is C36H56F2O. The molecule has 0 heterocycles. The maximum absolute atomic E-state index is 14.8. The molecule has 0 aliphatic heterocycles. The Kier molecular flexibility index (Phi) is 12.7. The highest BCUT2D eigenvalue weighted by Gasteiger charge is 2.32. The van der Waals surface area contributed by atoms with Crippen LogP contribution in [0.2, 0.25) is 0 Å². The van der Waals surface area contributed by atoms with Crippen molar-refractivity contribution in [2.24, 2.45) is 29.6 Å². The van der Waals surface area contributed by atoms with Gasteiger partial charge in [0.25, 0.3) is 0 Å². The number of hydrogen-bond donors (Lipinski definition) is 0. The van der Waals surface area contributed by atoms with Gasteiger partial charge in [0.15, 0.2) is 11.6 Å². The largest absolute Gasteiger partial charge is 0.490 e. The predicted octanol–water partition coefficient (Wildman–Crippen LogP) is 11.6. The molecule has 0 unspecified atom stereocenters. The standard InChI is InChI=1S/C36H56F2O/c1-3-5-6-9-27-12-14-28(15-13-27)10-7-8-11-29-16-18-30(19-17-29)31-20-22-32(23-21-31)33-24-25-34(39-26-4-2)36(38)35(33)37/h7,10,24-25,27-32H,3-6,8-9,11-23,26H2,1-2H3/b10-7+. The van der Waals surface area contributed by atoms with Gasteiger partial charge in [0, 0.05) is 0 Å². The second-order valence-electron chi connectivity index (χ2n) is 13.3. The molecule has 3 fully saturated rings. The lowest BCUT2D eigenvalue weighted by molar-refractivity contribution is 0.156. The Hall–Kier alpha value is -1.38. The smallest absolute Gasteiger partial charge is 0.200 e. The van der Waals surface area contributed by atoms with Crippen molar-refractivity contribution in [3.05, 3.63) is 41.5 Å². The third-order valence-corrected chi connectivity index (χ3v) is 10.6. The summed E-state index contributed by atoms with van der Waals surface area (Å²) in [4.78, 5) is 0. The van der Waals surface area contributed by atoms with E-state index in [1.165, 1.54) is 103 Å². The Bertz CT molecular complexity index is 855. The first kappa shape index (κ1) is 30.6. The van der Waals surface area contributed by atoms with E-state index in [1.54, 1.807) is 12.1 Å². The van der Waals surface area contributed by atoms with Crippen LogP contribution in [-0.4, -0.2) is 6.61 Å². The zero-order valence-electron chi connectivity index (χ0n) is 25.1. The number of ether oxygens (including phenoxy) is 1. The summed E-state index contributed by atoms with van der Waals surface area (Å²) in [6.45, 7) is 4.69. The van der Waals surface area contributed by atoms with Gasteiger partial charge in [0.1, 0.15) is 0 Å². The van der Waals surface area contributed by atoms with Crippen LogP contribution in [0.5, 0.6) is 5.75 Å². The summed E-state index contributed by atoms with van der Waals surface area (Å²) >= 11 is 0. The fourth-order valence-electron chi connectivity index (χ4n) is 8.01. The van der Waals surface area contributed by atoms with Crippen molar-refractivity contribution in [2.45, 2.75) is 142 Å². The van der Waals surface area contributed by atoms with E-state index in [9.17, 15) is 8.78 Å². The molecule has 1 aromatic carbocycles. The fraction of sp³-hybridized carbons (Fsp3) is 0.778. The minimum atomic E-state index is -0.804. The lowest BCUT2D eigenvalue weighted by Crippen LogP contribution is -2.25. The van der Waals surface area contributed by atoms with E-state index in [1.807, 2.05) is 6.92 Å². The van der Waals surface area contributed by atoms with Gasteiger partial charge in [-0.3, -0.25) is 0 Å². The summed E-state index contributed by atoms with van der Waals surface area (Å²) in [6.07, 6.45) is 29.7. The lowest BCUT2D eigenvalue weighted by Gasteiger charge is -2.38. The second kappa shape index (κ2) is 16.2. The average molecular weight is 543 g/mol. The number of allylic oxidation sites excluding steroid dienone is 2. The molecule has 3 aliphatic carbocycles. The Morgan fingerprint density at radius 2 is 1.36 bits per heavy atom. The quantitative estimate of drug-likeness (QED) is 0.178. The molecule has 0 aromatic heterocycles. The number of rotatable bonds is 13. The zero-order chi connectivity index (χ0) is 27.5. The van der Waals surface area contributed by atoms with E-state index in [0.29, 0.717) is 12.2 Å². The molecule has 0 atom stereocenters. The van der Waals surface area contributed by atoms with Gasteiger partial charge in [-0.1, -0.05) is 70.6 Å². The monoisotopic (exact) mass is 542 g/mol. The Morgan fingerprint density at radius 3 is 2.03 bits per heavy atom. The molecule has 0 N–H and O–H groups in total. The Balaban J connectivity index is 1.11. The van der Waals surface area contributed by atoms with Crippen molar-refractivity contribution in [1.29, 1.82) is 0 Å². The van der Waals surface area contributed by atoms with Crippen molar-refractivity contribution in [1.82, 2.24) is 0 Å². The summed E-state index contributed by atoms with van der Waals surface area (Å²) in [5, 5.41) is 0. The summed E-state index contributed by atoms with van der Waals surface area (Å²) in [6, 6.07) is 3.40. The van der Waals surface area contributed by atoms with Crippen LogP contribution < -0.4 is 4.74 Å². The number of hydrogen-bond acceptors (Lipinski definition) is 1. The number of halogens is 2. The molecular weight excluding hydrogens is 486 g/mol. The van der Waals surface area contributed by atoms with Crippen LogP contribution in [0.4, 0.5) is 8.78 Å². The van der Waals surface area contributed by atoms with E-state index < -0.39 is 11.6 Å². The molecule has 0 radical (unpaired) electrons. The third kappa shape index (κ3) is 9.06. The van der Waals surface area contributed by atoms with Crippen LogP contribution in [0.15, 0.2) is 24.3 Å². The van der Waals surface area contributed by atoms with Crippen LogP contribution >= 0.6 is 0 Å². The maximum atomic E-state index is 14.8. The van der Waals surface area contributed by atoms with Crippen molar-refractivity contribution in [2.75, 3.05) is 6.61 Å². The predicted molar refractivity (Wildman–Crippen MR) is 160 cm³/mol. The van der Waals surface area contributed by atoms with Gasteiger partial charge < -0.3 is 4.74 Å². The molecule has 3 saturated carbocycles. The number of benzene rings is 1. The van der Waals surface area contributed by atoms with Gasteiger partial charge in [0.05, 0.1) is 6.61 Å². The summed E-state index contributed by atoms with van der Waals surface area (Å²) < 4.78 is 34.7. The van der Waals surface area contributed by atoms with Crippen LogP contribution in [0.25, 0.3) is 0 Å². The molecule has 1 aromatic rings. The SMILES string of the molecule is CCCCCC1CCC(/C=C/CCC2CCC(C3CCC(c4ccc(OCCC)c(F)c4F)CC3)CC2)CC1. The molecule has 220 valence electrons. The van der Waals surface area contributed by atoms with Gasteiger partial charge in [-0.05, 0) is 131 Å². The third-order valence-electron chi connectivity index (χ3n) is 10.6. The van der Waals surface area contributed by atoms with Crippen molar-refractivity contribution < 1.29 is 13.5 Å². The van der Waals surface area contributed by atoms with Gasteiger partial charge >= 0.3 is 0 Å². The number of unbranched alkanes of at least 4 members (excludes halogenated alkanes) is 2. The maximum Gasteiger partial charge on any atom is 0.200 e. The van der Waals surface area contributed by atoms with Gasteiger partial charge in [0.2, 0.25) is 5.82 Å². The minimum Gasteiger partial charge on any atom is -0.490 e. The lowest BCUT2D eigenvalue weighted by atomic mass is 9.68. The first-order valence-corrected chi connectivity index (χ1v) is 16.9. The van der Waals surface area contributed by atoms with Gasteiger partial charge in [-0.15, -0.1) is 0 Å². The molecule has 1 nitrogen and oxygen atoms in total. The highest BCUT2D eigenvalue weighted by molar-refractivity contribution is 5.33. The molecule has 39 heavy (non-hydrogen) atoms. The zero-order valence-corrected chi connectivity index (χ0v) is 25.1. The molecule has 0 amide bonds. The molecule has 0 spiro atoms. The average Bonchev–Trinajstić information content (AvgIpc) is 2.97. The highest BCUT2D eigenvalue weighted by Crippen LogP contribution is 2.45. The van der Waals surface area contributed by atoms with Crippen LogP contribution in [0.1, 0.15) is 147 Å². The Morgan fingerprint density at radius 1 is 0.718 bits per heavy atom. The molecule has 3 heteroatoms. The molecule has 0 bridgehead atoms.